The van der Waals surface area contributed by atoms with Crippen molar-refractivity contribution in [2.24, 2.45) is 0 Å². The molecule has 0 bridgehead atoms. The molecule has 0 unspecified atom stereocenters. The van der Waals surface area contributed by atoms with Crippen LogP contribution in [-0.4, -0.2) is 32.8 Å². The van der Waals surface area contributed by atoms with Gasteiger partial charge in [0.2, 0.25) is 5.09 Å². The molecule has 16 heavy (non-hydrogen) atoms. The van der Waals surface area contributed by atoms with Gasteiger partial charge in [0.25, 0.3) is 15.0 Å². The molecule has 0 spiro atoms. The Morgan fingerprint density at radius 2 is 2.12 bits per heavy atom. The third-order valence-corrected chi connectivity index (χ3v) is 3.32. The highest BCUT2D eigenvalue weighted by Gasteiger charge is 2.23. The van der Waals surface area contributed by atoms with Crippen molar-refractivity contribution in [1.29, 1.82) is 0 Å². The topological polar surface area (TPSA) is 67.6 Å². The lowest BCUT2D eigenvalue weighted by Crippen LogP contribution is -2.26. The molecule has 1 heterocycles. The van der Waals surface area contributed by atoms with E-state index in [4.69, 9.17) is 15.1 Å². The molecule has 0 N–H and O–H groups in total. The predicted octanol–water partition coefficient (Wildman–Crippen LogP) is 1.61. The highest BCUT2D eigenvalue weighted by Crippen LogP contribution is 2.22. The van der Waals surface area contributed by atoms with Crippen molar-refractivity contribution in [3.8, 4) is 0 Å². The maximum Gasteiger partial charge on any atom is 0.294 e. The first-order valence-corrected chi connectivity index (χ1v) is 6.88. The van der Waals surface area contributed by atoms with Gasteiger partial charge in [0.15, 0.2) is 0 Å². The number of halogens is 1. The number of hydrogen-bond donors (Lipinski definition) is 0. The maximum absolute atomic E-state index is 11.8. The van der Waals surface area contributed by atoms with Gasteiger partial charge in [-0.2, -0.15) is 0 Å². The number of amides is 1. The van der Waals surface area contributed by atoms with E-state index in [1.807, 2.05) is 6.92 Å². The zero-order valence-electron chi connectivity index (χ0n) is 9.15. The van der Waals surface area contributed by atoms with E-state index in [0.717, 1.165) is 6.07 Å². The summed E-state index contributed by atoms with van der Waals surface area (Å²) in [6, 6.07) is 1.14. The van der Waals surface area contributed by atoms with Crippen LogP contribution in [0, 0.1) is 6.92 Å². The first-order valence-electron chi connectivity index (χ1n) is 4.58. The molecule has 0 saturated carbocycles. The Bertz CT molecular complexity index is 506. The molecular formula is C9H12ClNO4S. The molecule has 0 aromatic carbocycles. The van der Waals surface area contributed by atoms with Gasteiger partial charge in [0.05, 0.1) is 5.56 Å². The molecule has 0 fully saturated rings. The Kier molecular flexibility index (Phi) is 3.64. The molecule has 0 aliphatic carbocycles. The summed E-state index contributed by atoms with van der Waals surface area (Å²) in [4.78, 5) is 13.2. The smallest absolute Gasteiger partial charge is 0.294 e. The Balaban J connectivity index is 3.18. The van der Waals surface area contributed by atoms with E-state index < -0.39 is 14.1 Å². The molecule has 1 rings (SSSR count). The third kappa shape index (κ3) is 2.56. The normalized spacial score (nSPS) is 11.5. The number of rotatable bonds is 3. The summed E-state index contributed by atoms with van der Waals surface area (Å²) in [5.41, 5.74) is 0.212. The average molecular weight is 266 g/mol. The minimum atomic E-state index is -3.94. The number of carbonyl (C=O) groups excluding carboxylic acids is 1. The first kappa shape index (κ1) is 13.1. The molecule has 5 nitrogen and oxygen atoms in total. The van der Waals surface area contributed by atoms with Gasteiger partial charge in [-0.05, 0) is 13.8 Å². The number of carbonyl (C=O) groups is 1. The van der Waals surface area contributed by atoms with Crippen molar-refractivity contribution in [2.45, 2.75) is 18.9 Å². The van der Waals surface area contributed by atoms with Crippen LogP contribution in [0.15, 0.2) is 15.6 Å². The summed E-state index contributed by atoms with van der Waals surface area (Å²) in [6.07, 6.45) is 0. The monoisotopic (exact) mass is 265 g/mol. The second kappa shape index (κ2) is 4.47. The van der Waals surface area contributed by atoms with Crippen LogP contribution in [0.1, 0.15) is 23.0 Å². The molecule has 1 amide bonds. The highest BCUT2D eigenvalue weighted by atomic mass is 35.7. The molecule has 0 radical (unpaired) electrons. The van der Waals surface area contributed by atoms with Crippen molar-refractivity contribution in [3.05, 3.63) is 17.4 Å². The Morgan fingerprint density at radius 3 is 2.50 bits per heavy atom. The van der Waals surface area contributed by atoms with E-state index >= 15 is 0 Å². The SMILES string of the molecule is CCN(C)C(=O)c1cc(S(=O)(=O)Cl)oc1C. The van der Waals surface area contributed by atoms with E-state index in [0.29, 0.717) is 6.54 Å². The van der Waals surface area contributed by atoms with Crippen LogP contribution in [0.5, 0.6) is 0 Å². The van der Waals surface area contributed by atoms with Gasteiger partial charge in [-0.25, -0.2) is 8.42 Å². The quantitative estimate of drug-likeness (QED) is 0.779. The van der Waals surface area contributed by atoms with E-state index in [-0.39, 0.29) is 17.2 Å². The standard InChI is InChI=1S/C9H12ClNO4S/c1-4-11(3)9(12)7-5-8(15-6(7)2)16(10,13)14/h5H,4H2,1-3H3. The number of hydrogen-bond acceptors (Lipinski definition) is 4. The lowest BCUT2D eigenvalue weighted by atomic mass is 10.2. The zero-order valence-corrected chi connectivity index (χ0v) is 10.7. The Labute approximate surface area is 98.4 Å². The second-order valence-corrected chi connectivity index (χ2v) is 5.79. The van der Waals surface area contributed by atoms with Gasteiger partial charge in [0, 0.05) is 30.3 Å². The summed E-state index contributed by atoms with van der Waals surface area (Å²) < 4.78 is 26.9. The van der Waals surface area contributed by atoms with Gasteiger partial charge < -0.3 is 9.32 Å². The zero-order chi connectivity index (χ0) is 12.5. The van der Waals surface area contributed by atoms with Crippen LogP contribution in [0.3, 0.4) is 0 Å². The van der Waals surface area contributed by atoms with E-state index in [1.165, 1.54) is 11.8 Å². The second-order valence-electron chi connectivity index (χ2n) is 3.29. The summed E-state index contributed by atoms with van der Waals surface area (Å²) in [6.45, 7) is 3.85. The van der Waals surface area contributed by atoms with E-state index in [1.54, 1.807) is 7.05 Å². The first-order chi connectivity index (χ1) is 7.27. The summed E-state index contributed by atoms with van der Waals surface area (Å²) in [5, 5.41) is -0.403. The van der Waals surface area contributed by atoms with Crippen molar-refractivity contribution < 1.29 is 17.6 Å². The van der Waals surface area contributed by atoms with Gasteiger partial charge in [-0.1, -0.05) is 0 Å². The minimum absolute atomic E-state index is 0.212. The maximum atomic E-state index is 11.8. The summed E-state index contributed by atoms with van der Waals surface area (Å²) in [5.74, 6) is -0.0557. The van der Waals surface area contributed by atoms with Crippen LogP contribution in [-0.2, 0) is 9.05 Å². The molecule has 1 aromatic rings. The van der Waals surface area contributed by atoms with Crippen molar-refractivity contribution in [1.82, 2.24) is 4.90 Å². The third-order valence-electron chi connectivity index (χ3n) is 2.19. The van der Waals surface area contributed by atoms with Crippen molar-refractivity contribution in [2.75, 3.05) is 13.6 Å². The van der Waals surface area contributed by atoms with Crippen LogP contribution in [0.25, 0.3) is 0 Å². The lowest BCUT2D eigenvalue weighted by Gasteiger charge is -2.12. The molecule has 0 atom stereocenters. The van der Waals surface area contributed by atoms with Gasteiger partial charge in [-0.3, -0.25) is 4.79 Å². The van der Waals surface area contributed by atoms with Crippen LogP contribution < -0.4 is 0 Å². The minimum Gasteiger partial charge on any atom is -0.448 e. The molecule has 90 valence electrons. The van der Waals surface area contributed by atoms with Gasteiger partial charge in [-0.15, -0.1) is 0 Å². The Hall–Kier alpha value is -1.01. The molecule has 7 heteroatoms. The van der Waals surface area contributed by atoms with Crippen LogP contribution in [0.4, 0.5) is 0 Å². The molecular weight excluding hydrogens is 254 g/mol. The molecule has 0 aliphatic rings. The fraction of sp³-hybridized carbons (Fsp3) is 0.444. The van der Waals surface area contributed by atoms with Gasteiger partial charge >= 0.3 is 0 Å². The van der Waals surface area contributed by atoms with Crippen LogP contribution >= 0.6 is 10.7 Å². The van der Waals surface area contributed by atoms with E-state index in [9.17, 15) is 13.2 Å². The largest absolute Gasteiger partial charge is 0.448 e. The summed E-state index contributed by atoms with van der Waals surface area (Å²) in [7, 11) is 2.79. The molecule has 1 aromatic heterocycles. The highest BCUT2D eigenvalue weighted by molar-refractivity contribution is 8.13. The van der Waals surface area contributed by atoms with E-state index in [2.05, 4.69) is 0 Å². The molecule has 0 saturated heterocycles. The predicted molar refractivity (Wildman–Crippen MR) is 59.1 cm³/mol. The van der Waals surface area contributed by atoms with Crippen molar-refractivity contribution in [3.63, 3.8) is 0 Å². The number of aryl methyl sites for hydroxylation is 1. The fourth-order valence-electron chi connectivity index (χ4n) is 1.14. The van der Waals surface area contributed by atoms with Crippen LogP contribution in [0.2, 0.25) is 0 Å². The Morgan fingerprint density at radius 1 is 1.56 bits per heavy atom. The fourth-order valence-corrected chi connectivity index (χ4v) is 1.85. The lowest BCUT2D eigenvalue weighted by molar-refractivity contribution is 0.0800. The average Bonchev–Trinajstić information content (AvgIpc) is 2.57. The number of nitrogens with zero attached hydrogens (tertiary/aromatic N) is 1. The summed E-state index contributed by atoms with van der Waals surface area (Å²) >= 11 is 0. The molecule has 0 aliphatic heterocycles. The van der Waals surface area contributed by atoms with Gasteiger partial charge in [0.1, 0.15) is 5.76 Å². The van der Waals surface area contributed by atoms with Crippen molar-refractivity contribution >= 4 is 25.6 Å². The number of furan rings is 1.